The molecule has 2 heterocycles. The van der Waals surface area contributed by atoms with Crippen molar-refractivity contribution < 1.29 is 53.2 Å². The number of halogens is 2. The molecular weight excluding hydrogens is 623 g/mol. The summed E-state index contributed by atoms with van der Waals surface area (Å²) >= 11 is 6.51. The molecule has 2 aromatic rings. The molecule has 6 aliphatic carbocycles. The first-order chi connectivity index (χ1) is 16.6. The van der Waals surface area contributed by atoms with Gasteiger partial charge < -0.3 is 24.8 Å². The van der Waals surface area contributed by atoms with Crippen molar-refractivity contribution in [3.63, 3.8) is 0 Å². The van der Waals surface area contributed by atoms with Gasteiger partial charge in [-0.1, -0.05) is 7.43 Å². The monoisotopic (exact) mass is 650 g/mol. The van der Waals surface area contributed by atoms with Crippen molar-refractivity contribution in [2.45, 2.75) is 46.0 Å². The summed E-state index contributed by atoms with van der Waals surface area (Å²) in [4.78, 5) is 38.3. The van der Waals surface area contributed by atoms with Crippen LogP contribution in [0.1, 0.15) is 46.0 Å². The first-order valence-corrected chi connectivity index (χ1v) is 12.7. The van der Waals surface area contributed by atoms with Crippen LogP contribution in [0, 0.1) is 21.7 Å². The van der Waals surface area contributed by atoms with Gasteiger partial charge in [-0.15, -0.1) is 0 Å². The van der Waals surface area contributed by atoms with Crippen LogP contribution in [0.15, 0.2) is 34.0 Å². The molecule has 2 aromatic heterocycles. The number of carbonyl (C=O) groups is 2. The average Bonchev–Trinajstić information content (AvgIpc) is 2.70. The summed E-state index contributed by atoms with van der Waals surface area (Å²) in [6, 6.07) is 3.44. The van der Waals surface area contributed by atoms with Crippen LogP contribution < -0.4 is 28.3 Å². The average molecular weight is 652 g/mol. The van der Waals surface area contributed by atoms with Crippen LogP contribution in [-0.2, 0) is 14.3 Å². The number of hydrogen-bond acceptors (Lipinski definition) is 10. The Balaban J connectivity index is 0.000000248. The van der Waals surface area contributed by atoms with Crippen LogP contribution in [-0.4, -0.2) is 62.8 Å². The van der Waals surface area contributed by atoms with Gasteiger partial charge in [0.05, 0.1) is 31.2 Å². The number of esters is 1. The first-order valence-electron chi connectivity index (χ1n) is 11.1. The van der Waals surface area contributed by atoms with Gasteiger partial charge in [-0.05, 0) is 70.4 Å². The molecule has 0 saturated heterocycles. The van der Waals surface area contributed by atoms with Crippen molar-refractivity contribution in [1.82, 2.24) is 19.9 Å². The van der Waals surface area contributed by atoms with Crippen molar-refractivity contribution in [3.05, 3.63) is 34.0 Å². The van der Waals surface area contributed by atoms with Gasteiger partial charge in [0.2, 0.25) is 11.8 Å². The number of hydrogen-bond donors (Lipinski definition) is 1. The Hall–Kier alpha value is -1.78. The summed E-state index contributed by atoms with van der Waals surface area (Å²) in [5.74, 6) is 0.355. The molecule has 0 aromatic carbocycles. The van der Waals surface area contributed by atoms with Crippen molar-refractivity contribution in [2.24, 2.45) is 21.7 Å². The number of rotatable bonds is 8. The van der Waals surface area contributed by atoms with Gasteiger partial charge in [-0.2, -0.15) is 0 Å². The number of ether oxygens (including phenoxy) is 3. The molecule has 11 nitrogen and oxygen atoms in total. The number of methoxy groups -OCH3 is 1. The van der Waals surface area contributed by atoms with Gasteiger partial charge in [0.25, 0.3) is 0 Å². The summed E-state index contributed by atoms with van der Waals surface area (Å²) in [5, 5.41) is 9.00. The number of carboxylic acid groups (broad SMARTS) is 1. The normalized spacial score (nSPS) is 30.2. The Morgan fingerprint density at radius 2 is 1.24 bits per heavy atom. The van der Waals surface area contributed by atoms with E-state index in [1.54, 1.807) is 12.1 Å². The molecule has 0 spiro atoms. The number of aliphatic carboxylic acids is 1. The Bertz CT molecular complexity index is 1150. The molecule has 202 valence electrons. The second kappa shape index (κ2) is 11.8. The van der Waals surface area contributed by atoms with E-state index in [-0.39, 0.29) is 54.0 Å². The third kappa shape index (κ3) is 5.87. The molecule has 0 atom stereocenters. The van der Waals surface area contributed by atoms with Crippen molar-refractivity contribution in [1.29, 1.82) is 0 Å². The molecule has 0 amide bonds. The van der Waals surface area contributed by atoms with Crippen LogP contribution in [0.2, 0.25) is 0 Å². The van der Waals surface area contributed by atoms with Gasteiger partial charge in [0, 0.05) is 23.0 Å². The third-order valence-corrected chi connectivity index (χ3v) is 8.49. The van der Waals surface area contributed by atoms with Crippen molar-refractivity contribution in [2.75, 3.05) is 20.3 Å². The molecule has 8 rings (SSSR count). The zero-order valence-electron chi connectivity index (χ0n) is 20.4. The molecule has 0 unspecified atom stereocenters. The minimum absolute atomic E-state index is 0. The minimum Gasteiger partial charge on any atom is -0.870 e. The molecular formula is C24H29Br2LiN4O7. The van der Waals surface area contributed by atoms with Crippen molar-refractivity contribution in [3.8, 4) is 11.8 Å². The first kappa shape index (κ1) is 32.4. The molecule has 6 fully saturated rings. The Labute approximate surface area is 249 Å². The fourth-order valence-corrected chi connectivity index (χ4v) is 6.78. The van der Waals surface area contributed by atoms with E-state index < -0.39 is 11.4 Å². The molecule has 0 radical (unpaired) electrons. The molecule has 0 aliphatic heterocycles. The third-order valence-electron chi connectivity index (χ3n) is 7.62. The zero-order valence-corrected chi connectivity index (χ0v) is 23.6. The molecule has 4 bridgehead atoms. The number of carbonyl (C=O) groups excluding carboxylic acids is 1. The smallest absolute Gasteiger partial charge is 0.870 e. The Kier molecular flexibility index (Phi) is 10.0. The summed E-state index contributed by atoms with van der Waals surface area (Å²) in [6.45, 7) is 1.15. The van der Waals surface area contributed by atoms with Crippen LogP contribution in [0.25, 0.3) is 0 Å². The van der Waals surface area contributed by atoms with E-state index in [2.05, 4.69) is 51.8 Å². The largest absolute Gasteiger partial charge is 1.00 e. The quantitative estimate of drug-likeness (QED) is 0.249. The number of aromatic nitrogens is 4. The van der Waals surface area contributed by atoms with Crippen LogP contribution in [0.4, 0.5) is 0 Å². The van der Waals surface area contributed by atoms with Gasteiger partial charge in [0.1, 0.15) is 21.9 Å². The Morgan fingerprint density at radius 3 is 1.58 bits per heavy atom. The maximum atomic E-state index is 11.5. The van der Waals surface area contributed by atoms with E-state index in [1.807, 2.05) is 0 Å². The van der Waals surface area contributed by atoms with Gasteiger partial charge in [-0.3, -0.25) is 9.59 Å². The molecule has 6 saturated carbocycles. The summed E-state index contributed by atoms with van der Waals surface area (Å²) in [6.07, 6.45) is 7.72. The summed E-state index contributed by atoms with van der Waals surface area (Å²) in [7, 11) is 1.45. The maximum absolute atomic E-state index is 11.5. The fourth-order valence-electron chi connectivity index (χ4n) is 6.21. The summed E-state index contributed by atoms with van der Waals surface area (Å²) in [5.41, 5.74) is -0.401. The van der Waals surface area contributed by atoms with Crippen molar-refractivity contribution >= 4 is 43.8 Å². The van der Waals surface area contributed by atoms with Crippen LogP contribution in [0.5, 0.6) is 11.8 Å². The second-order valence-corrected chi connectivity index (χ2v) is 12.0. The Morgan fingerprint density at radius 1 is 0.842 bits per heavy atom. The fraction of sp³-hybridized carbons (Fsp3) is 0.583. The topological polar surface area (TPSA) is 164 Å². The predicted molar refractivity (Wildman–Crippen MR) is 136 cm³/mol. The molecule has 38 heavy (non-hydrogen) atoms. The predicted octanol–water partition coefficient (Wildman–Crippen LogP) is 1.30. The second-order valence-electron chi connectivity index (χ2n) is 10.4. The van der Waals surface area contributed by atoms with Gasteiger partial charge in [-0.25, -0.2) is 19.9 Å². The number of carboxylic acids is 1. The van der Waals surface area contributed by atoms with E-state index in [0.29, 0.717) is 34.2 Å². The number of nitrogens with zero attached hydrogens (tertiary/aromatic N) is 4. The van der Waals surface area contributed by atoms with E-state index >= 15 is 0 Å². The van der Waals surface area contributed by atoms with Gasteiger partial charge >= 0.3 is 30.8 Å². The SMILES string of the molecule is C.COC(=O)C12CC(COc3cc(Br)ncn3)(C1)C2.O=C(O)C12CC(COc3cc(Br)ncn3)(C1)C2.[Li+].[OH-]. The van der Waals surface area contributed by atoms with E-state index in [1.165, 1.54) is 19.8 Å². The summed E-state index contributed by atoms with van der Waals surface area (Å²) < 4.78 is 17.4. The van der Waals surface area contributed by atoms with Crippen LogP contribution >= 0.6 is 31.9 Å². The standard InChI is InChI=1S/C12H13BrN2O3.C11H11BrN2O3.CH4.Li.H2O/c1-17-10(16)12-3-11(4-12,5-12)6-18-9-2-8(13)14-7-15-9;12-7-1-8(14-6-13-7)17-5-10-2-11(3-10,4-10)9(15)16;;;/h2,7H,3-6H2,1H3;1,6H,2-5H2,(H,15,16);1H4;;1H2/q;;;+1;/p-1. The molecule has 14 heteroatoms. The van der Waals surface area contributed by atoms with E-state index in [4.69, 9.17) is 19.3 Å². The molecule has 2 N–H and O–H groups in total. The van der Waals surface area contributed by atoms with Gasteiger partial charge in [0.15, 0.2) is 0 Å². The van der Waals surface area contributed by atoms with E-state index in [0.717, 1.165) is 38.5 Å². The zero-order chi connectivity index (χ0) is 24.9. The van der Waals surface area contributed by atoms with Crippen LogP contribution in [0.3, 0.4) is 0 Å². The minimum atomic E-state index is -0.663. The molecule has 6 aliphatic rings. The van der Waals surface area contributed by atoms with E-state index in [9.17, 15) is 9.59 Å². The maximum Gasteiger partial charge on any atom is 1.00 e.